The Morgan fingerprint density at radius 1 is 1.13 bits per heavy atom. The molecule has 0 saturated carbocycles. The second-order valence-corrected chi connectivity index (χ2v) is 3.74. The highest BCUT2D eigenvalue weighted by atomic mass is 35.5. The van der Waals surface area contributed by atoms with Crippen LogP contribution in [-0.2, 0) is 4.79 Å². The number of nitrogens with one attached hydrogen (secondary N) is 2. The molecule has 0 radical (unpaired) electrons. The predicted octanol–water partition coefficient (Wildman–Crippen LogP) is 2.02. The van der Waals surface area contributed by atoms with E-state index in [-0.39, 0.29) is 11.4 Å². The summed E-state index contributed by atoms with van der Waals surface area (Å²) in [7, 11) is 0. The maximum absolute atomic E-state index is 11.4. The Labute approximate surface area is 95.7 Å². The third kappa shape index (κ3) is 4.51. The van der Waals surface area contributed by atoms with Crippen LogP contribution in [0.5, 0.6) is 0 Å². The van der Waals surface area contributed by atoms with Crippen molar-refractivity contribution >= 4 is 23.5 Å². The molecule has 0 aliphatic carbocycles. The van der Waals surface area contributed by atoms with Crippen LogP contribution in [0.4, 0.5) is 4.79 Å². The van der Waals surface area contributed by atoms with Crippen LogP contribution in [0.25, 0.3) is 0 Å². The van der Waals surface area contributed by atoms with E-state index in [0.717, 1.165) is 19.3 Å². The molecule has 0 atom stereocenters. The molecule has 0 unspecified atom stereocenters. The quantitative estimate of drug-likeness (QED) is 0.715. The highest BCUT2D eigenvalue weighted by Gasteiger charge is 2.26. The Kier molecular flexibility index (Phi) is 6.32. The fourth-order valence-corrected chi connectivity index (χ4v) is 1.51. The minimum Gasteiger partial charge on any atom is -0.332 e. The summed E-state index contributed by atoms with van der Waals surface area (Å²) in [6, 6.07) is -0.466. The number of alkyl halides is 1. The number of urea groups is 1. The molecule has 0 rings (SSSR count). The van der Waals surface area contributed by atoms with E-state index >= 15 is 0 Å². The lowest BCUT2D eigenvalue weighted by atomic mass is 9.90. The van der Waals surface area contributed by atoms with E-state index in [0.29, 0.717) is 0 Å². The first-order valence-electron chi connectivity index (χ1n) is 5.21. The number of imide groups is 1. The van der Waals surface area contributed by atoms with Crippen molar-refractivity contribution in [2.45, 2.75) is 45.6 Å². The molecule has 4 nitrogen and oxygen atoms in total. The van der Waals surface area contributed by atoms with Crippen LogP contribution < -0.4 is 10.6 Å². The highest BCUT2D eigenvalue weighted by Crippen LogP contribution is 2.18. The standard InChI is InChI=1S/C10H19ClN2O2/c1-4-10(5-2,6-3)13-9(15)12-8(14)7-11/h4-7H2,1-3H3,(H2,12,13,14,15). The van der Waals surface area contributed by atoms with Gasteiger partial charge in [0.15, 0.2) is 0 Å². The van der Waals surface area contributed by atoms with Crippen molar-refractivity contribution in [3.8, 4) is 0 Å². The molecule has 0 heterocycles. The van der Waals surface area contributed by atoms with E-state index in [2.05, 4.69) is 10.6 Å². The average Bonchev–Trinajstić information content (AvgIpc) is 2.26. The Morgan fingerprint density at radius 2 is 1.60 bits per heavy atom. The molecule has 0 aromatic rings. The number of carbonyl (C=O) groups excluding carboxylic acids is 2. The lowest BCUT2D eigenvalue weighted by molar-refractivity contribution is -0.117. The van der Waals surface area contributed by atoms with Gasteiger partial charge in [-0.25, -0.2) is 4.79 Å². The summed E-state index contributed by atoms with van der Waals surface area (Å²) in [5.41, 5.74) is -0.226. The van der Waals surface area contributed by atoms with Crippen LogP contribution in [0.3, 0.4) is 0 Å². The third-order valence-electron chi connectivity index (χ3n) is 2.78. The molecule has 3 amide bonds. The number of halogens is 1. The molecule has 88 valence electrons. The molecular weight excluding hydrogens is 216 g/mol. The predicted molar refractivity (Wildman–Crippen MR) is 61.0 cm³/mol. The van der Waals surface area contributed by atoms with Gasteiger partial charge in [-0.15, -0.1) is 11.6 Å². The van der Waals surface area contributed by atoms with Gasteiger partial charge >= 0.3 is 6.03 Å². The van der Waals surface area contributed by atoms with Crippen LogP contribution in [0.2, 0.25) is 0 Å². The topological polar surface area (TPSA) is 58.2 Å². The minimum absolute atomic E-state index is 0.204. The number of amides is 3. The molecule has 2 N–H and O–H groups in total. The molecule has 0 aliphatic rings. The van der Waals surface area contributed by atoms with Gasteiger partial charge in [0.2, 0.25) is 5.91 Å². The fourth-order valence-electron chi connectivity index (χ4n) is 1.45. The van der Waals surface area contributed by atoms with Crippen molar-refractivity contribution in [2.75, 3.05) is 5.88 Å². The first-order valence-corrected chi connectivity index (χ1v) is 5.75. The van der Waals surface area contributed by atoms with Crippen LogP contribution in [0.15, 0.2) is 0 Å². The second-order valence-electron chi connectivity index (χ2n) is 3.48. The Bertz CT molecular complexity index is 219. The van der Waals surface area contributed by atoms with Gasteiger partial charge in [-0.05, 0) is 19.3 Å². The average molecular weight is 235 g/mol. The van der Waals surface area contributed by atoms with E-state index in [1.807, 2.05) is 20.8 Å². The van der Waals surface area contributed by atoms with Gasteiger partial charge in [0.1, 0.15) is 5.88 Å². The summed E-state index contributed by atoms with van der Waals surface area (Å²) in [6.45, 7) is 6.03. The molecule has 0 fully saturated rings. The molecule has 15 heavy (non-hydrogen) atoms. The lowest BCUT2D eigenvalue weighted by Gasteiger charge is -2.31. The number of carbonyl (C=O) groups is 2. The van der Waals surface area contributed by atoms with Gasteiger partial charge in [0.05, 0.1) is 0 Å². The number of hydrogen-bond donors (Lipinski definition) is 2. The highest BCUT2D eigenvalue weighted by molar-refractivity contribution is 6.28. The monoisotopic (exact) mass is 234 g/mol. The summed E-state index contributed by atoms with van der Waals surface area (Å²) in [5, 5.41) is 4.98. The first-order chi connectivity index (χ1) is 7.03. The molecule has 0 aromatic carbocycles. The molecule has 0 bridgehead atoms. The molecular formula is C10H19ClN2O2. The van der Waals surface area contributed by atoms with E-state index in [1.54, 1.807) is 0 Å². The van der Waals surface area contributed by atoms with E-state index in [1.165, 1.54) is 0 Å². The summed E-state index contributed by atoms with van der Waals surface area (Å²) in [4.78, 5) is 22.3. The van der Waals surface area contributed by atoms with Crippen molar-refractivity contribution in [1.82, 2.24) is 10.6 Å². The van der Waals surface area contributed by atoms with Crippen molar-refractivity contribution in [1.29, 1.82) is 0 Å². The molecule has 0 aliphatic heterocycles. The van der Waals surface area contributed by atoms with Crippen LogP contribution in [-0.4, -0.2) is 23.4 Å². The zero-order chi connectivity index (χ0) is 11.9. The molecule has 0 saturated heterocycles. The van der Waals surface area contributed by atoms with Gasteiger partial charge in [0, 0.05) is 5.54 Å². The van der Waals surface area contributed by atoms with E-state index in [4.69, 9.17) is 11.6 Å². The normalized spacial score (nSPS) is 10.9. The second kappa shape index (κ2) is 6.67. The largest absolute Gasteiger partial charge is 0.332 e. The zero-order valence-electron chi connectivity index (χ0n) is 9.52. The smallest absolute Gasteiger partial charge is 0.321 e. The number of hydrogen-bond acceptors (Lipinski definition) is 2. The van der Waals surface area contributed by atoms with Gasteiger partial charge < -0.3 is 5.32 Å². The Morgan fingerprint density at radius 3 is 1.93 bits per heavy atom. The Hall–Kier alpha value is -0.770. The maximum Gasteiger partial charge on any atom is 0.321 e. The van der Waals surface area contributed by atoms with Gasteiger partial charge in [0.25, 0.3) is 0 Å². The number of rotatable bonds is 5. The van der Waals surface area contributed by atoms with Gasteiger partial charge in [-0.2, -0.15) is 0 Å². The summed E-state index contributed by atoms with van der Waals surface area (Å²) < 4.78 is 0. The Balaban J connectivity index is 4.29. The molecule has 5 heteroatoms. The summed E-state index contributed by atoms with van der Waals surface area (Å²) in [6.07, 6.45) is 2.51. The van der Waals surface area contributed by atoms with E-state index < -0.39 is 11.9 Å². The van der Waals surface area contributed by atoms with Gasteiger partial charge in [-0.3, -0.25) is 10.1 Å². The van der Waals surface area contributed by atoms with Crippen molar-refractivity contribution < 1.29 is 9.59 Å². The minimum atomic E-state index is -0.480. The summed E-state index contributed by atoms with van der Waals surface area (Å²) >= 11 is 5.28. The summed E-state index contributed by atoms with van der Waals surface area (Å²) in [5.74, 6) is -0.684. The SMILES string of the molecule is CCC(CC)(CC)NC(=O)NC(=O)CCl. The molecule has 0 spiro atoms. The maximum atomic E-state index is 11.4. The van der Waals surface area contributed by atoms with Crippen LogP contribution in [0.1, 0.15) is 40.0 Å². The van der Waals surface area contributed by atoms with Gasteiger partial charge in [-0.1, -0.05) is 20.8 Å². The fraction of sp³-hybridized carbons (Fsp3) is 0.800. The lowest BCUT2D eigenvalue weighted by Crippen LogP contribution is -2.52. The van der Waals surface area contributed by atoms with Crippen LogP contribution >= 0.6 is 11.6 Å². The van der Waals surface area contributed by atoms with E-state index in [9.17, 15) is 9.59 Å². The van der Waals surface area contributed by atoms with Crippen molar-refractivity contribution in [3.63, 3.8) is 0 Å². The zero-order valence-corrected chi connectivity index (χ0v) is 10.3. The van der Waals surface area contributed by atoms with Crippen molar-refractivity contribution in [3.05, 3.63) is 0 Å². The molecule has 0 aromatic heterocycles. The third-order valence-corrected chi connectivity index (χ3v) is 3.03. The van der Waals surface area contributed by atoms with Crippen molar-refractivity contribution in [2.24, 2.45) is 0 Å². The first kappa shape index (κ1) is 14.2. The van der Waals surface area contributed by atoms with Crippen LogP contribution in [0, 0.1) is 0 Å².